The summed E-state index contributed by atoms with van der Waals surface area (Å²) in [6, 6.07) is 0. The summed E-state index contributed by atoms with van der Waals surface area (Å²) in [5.74, 6) is 1.02. The van der Waals surface area contributed by atoms with Crippen molar-refractivity contribution < 1.29 is 4.74 Å². The van der Waals surface area contributed by atoms with E-state index in [-0.39, 0.29) is 5.54 Å². The Balaban J connectivity index is 2.35. The maximum absolute atomic E-state index is 6.08. The molecule has 0 saturated heterocycles. The zero-order chi connectivity index (χ0) is 14.2. The van der Waals surface area contributed by atoms with Gasteiger partial charge in [0, 0.05) is 11.1 Å². The Morgan fingerprint density at radius 3 is 2.74 bits per heavy atom. The molecule has 0 saturated carbocycles. The number of aromatic nitrogens is 4. The second kappa shape index (κ2) is 4.94. The molecule has 0 spiro atoms. The van der Waals surface area contributed by atoms with E-state index in [1.807, 2.05) is 21.0 Å². The van der Waals surface area contributed by atoms with Gasteiger partial charge in [-0.2, -0.15) is 19.6 Å². The summed E-state index contributed by atoms with van der Waals surface area (Å²) in [4.78, 5) is 10.3. The largest absolute Gasteiger partial charge is 0.475 e. The number of nitrogens with zero attached hydrogens (tertiary/aromatic N) is 5. The Morgan fingerprint density at radius 2 is 2.11 bits per heavy atom. The molecule has 2 rings (SSSR count). The standard InChI is InChI=1S/C12H18ClN5O/c1-8-9(13)16-11-14-7-15-18(11)10(8)19-6-12(2,3)17(4)5/h7H,6H2,1-5H3. The first-order chi connectivity index (χ1) is 8.83. The fourth-order valence-corrected chi connectivity index (χ4v) is 1.57. The van der Waals surface area contributed by atoms with E-state index in [2.05, 4.69) is 33.8 Å². The summed E-state index contributed by atoms with van der Waals surface area (Å²) in [6.07, 6.45) is 1.43. The van der Waals surface area contributed by atoms with Crippen molar-refractivity contribution in [1.29, 1.82) is 0 Å². The minimum Gasteiger partial charge on any atom is -0.475 e. The van der Waals surface area contributed by atoms with Crippen LogP contribution < -0.4 is 4.74 Å². The molecule has 6 nitrogen and oxygen atoms in total. The Bertz CT molecular complexity index is 593. The highest BCUT2D eigenvalue weighted by molar-refractivity contribution is 6.30. The second-order valence-electron chi connectivity index (χ2n) is 5.30. The van der Waals surface area contributed by atoms with Crippen molar-refractivity contribution >= 4 is 17.4 Å². The van der Waals surface area contributed by atoms with Crippen molar-refractivity contribution in [2.75, 3.05) is 20.7 Å². The van der Waals surface area contributed by atoms with Gasteiger partial charge in [-0.25, -0.2) is 0 Å². The van der Waals surface area contributed by atoms with E-state index >= 15 is 0 Å². The Hall–Kier alpha value is -1.40. The van der Waals surface area contributed by atoms with E-state index < -0.39 is 0 Å². The molecule has 2 aromatic rings. The van der Waals surface area contributed by atoms with E-state index in [0.29, 0.717) is 23.4 Å². The van der Waals surface area contributed by atoms with Gasteiger partial charge in [0.15, 0.2) is 0 Å². The highest BCUT2D eigenvalue weighted by atomic mass is 35.5. The molecule has 0 atom stereocenters. The van der Waals surface area contributed by atoms with Crippen LogP contribution in [0.3, 0.4) is 0 Å². The number of rotatable bonds is 4. The molecule has 2 aromatic heterocycles. The quantitative estimate of drug-likeness (QED) is 0.801. The van der Waals surface area contributed by atoms with E-state index in [0.717, 1.165) is 5.56 Å². The highest BCUT2D eigenvalue weighted by Gasteiger charge is 2.23. The smallest absolute Gasteiger partial charge is 0.256 e. The first-order valence-electron chi connectivity index (χ1n) is 5.99. The Morgan fingerprint density at radius 1 is 1.42 bits per heavy atom. The SMILES string of the molecule is Cc1c(Cl)nc2ncnn2c1OCC(C)(C)N(C)C. The molecule has 104 valence electrons. The first kappa shape index (κ1) is 14.0. The van der Waals surface area contributed by atoms with Crippen molar-refractivity contribution in [2.24, 2.45) is 0 Å². The zero-order valence-corrected chi connectivity index (χ0v) is 12.6. The molecular formula is C12H18ClN5O. The van der Waals surface area contributed by atoms with Crippen molar-refractivity contribution in [3.63, 3.8) is 0 Å². The molecule has 7 heteroatoms. The van der Waals surface area contributed by atoms with Gasteiger partial charge >= 0.3 is 0 Å². The lowest BCUT2D eigenvalue weighted by Crippen LogP contribution is -2.43. The second-order valence-corrected chi connectivity index (χ2v) is 5.66. The number of halogens is 1. The number of ether oxygens (including phenoxy) is 1. The molecule has 0 radical (unpaired) electrons. The minimum absolute atomic E-state index is 0.102. The van der Waals surface area contributed by atoms with E-state index in [9.17, 15) is 0 Å². The molecule has 0 unspecified atom stereocenters. The van der Waals surface area contributed by atoms with Crippen LogP contribution in [0, 0.1) is 6.92 Å². The molecule has 0 amide bonds. The molecule has 0 aliphatic heterocycles. The Kier molecular flexibility index (Phi) is 3.64. The summed E-state index contributed by atoms with van der Waals surface area (Å²) in [7, 11) is 4.03. The van der Waals surface area contributed by atoms with Gasteiger partial charge in [0.2, 0.25) is 5.88 Å². The Labute approximate surface area is 117 Å². The number of hydrogen-bond acceptors (Lipinski definition) is 5. The maximum Gasteiger partial charge on any atom is 0.256 e. The molecule has 0 aliphatic carbocycles. The average Bonchev–Trinajstić information content (AvgIpc) is 2.77. The van der Waals surface area contributed by atoms with Crippen molar-refractivity contribution in [3.8, 4) is 5.88 Å². The number of hydrogen-bond donors (Lipinski definition) is 0. The van der Waals surface area contributed by atoms with Crippen LogP contribution >= 0.6 is 11.6 Å². The summed E-state index contributed by atoms with van der Waals surface area (Å²) in [6.45, 7) is 6.57. The number of likely N-dealkylation sites (N-methyl/N-ethyl adjacent to an activating group) is 1. The van der Waals surface area contributed by atoms with E-state index in [1.54, 1.807) is 4.52 Å². The van der Waals surface area contributed by atoms with Crippen LogP contribution in [-0.2, 0) is 0 Å². The van der Waals surface area contributed by atoms with E-state index in [1.165, 1.54) is 6.33 Å². The number of fused-ring (bicyclic) bond motifs is 1. The predicted octanol–water partition coefficient (Wildman–Crippen LogP) is 1.81. The molecule has 0 fully saturated rings. The van der Waals surface area contributed by atoms with Gasteiger partial charge in [0.1, 0.15) is 18.1 Å². The van der Waals surface area contributed by atoms with E-state index in [4.69, 9.17) is 16.3 Å². The topological polar surface area (TPSA) is 55.6 Å². The molecule has 19 heavy (non-hydrogen) atoms. The lowest BCUT2D eigenvalue weighted by Gasteiger charge is -2.32. The molecule has 0 N–H and O–H groups in total. The minimum atomic E-state index is -0.102. The first-order valence-corrected chi connectivity index (χ1v) is 6.37. The van der Waals surface area contributed by atoms with Gasteiger partial charge in [-0.1, -0.05) is 11.6 Å². The van der Waals surface area contributed by atoms with Crippen LogP contribution in [0.2, 0.25) is 5.15 Å². The third kappa shape index (κ3) is 2.64. The average molecular weight is 284 g/mol. The van der Waals surface area contributed by atoms with Gasteiger partial charge in [0.25, 0.3) is 5.78 Å². The zero-order valence-electron chi connectivity index (χ0n) is 11.8. The normalized spacial score (nSPS) is 12.4. The lowest BCUT2D eigenvalue weighted by atomic mass is 10.1. The third-order valence-corrected chi connectivity index (χ3v) is 3.69. The summed E-state index contributed by atoms with van der Waals surface area (Å²) >= 11 is 6.08. The van der Waals surface area contributed by atoms with Gasteiger partial charge in [-0.15, -0.1) is 0 Å². The van der Waals surface area contributed by atoms with Crippen LogP contribution in [0.25, 0.3) is 5.78 Å². The summed E-state index contributed by atoms with van der Waals surface area (Å²) in [5, 5.41) is 4.50. The van der Waals surface area contributed by atoms with Crippen molar-refractivity contribution in [1.82, 2.24) is 24.5 Å². The molecule has 0 bridgehead atoms. The van der Waals surface area contributed by atoms with Gasteiger partial charge in [0.05, 0.1) is 0 Å². The highest BCUT2D eigenvalue weighted by Crippen LogP contribution is 2.25. The van der Waals surface area contributed by atoms with Gasteiger partial charge in [-0.05, 0) is 34.9 Å². The van der Waals surface area contributed by atoms with Crippen LogP contribution in [0.1, 0.15) is 19.4 Å². The predicted molar refractivity (Wildman–Crippen MR) is 73.8 cm³/mol. The van der Waals surface area contributed by atoms with Crippen molar-refractivity contribution in [2.45, 2.75) is 26.3 Å². The molecular weight excluding hydrogens is 266 g/mol. The summed E-state index contributed by atoms with van der Waals surface area (Å²) < 4.78 is 7.47. The maximum atomic E-state index is 6.08. The monoisotopic (exact) mass is 283 g/mol. The molecule has 0 aromatic carbocycles. The van der Waals surface area contributed by atoms with Crippen molar-refractivity contribution in [3.05, 3.63) is 17.0 Å². The molecule has 2 heterocycles. The van der Waals surface area contributed by atoms with Crippen LogP contribution in [0.5, 0.6) is 5.88 Å². The van der Waals surface area contributed by atoms with Crippen LogP contribution in [0.4, 0.5) is 0 Å². The van der Waals surface area contributed by atoms with Crippen LogP contribution in [0.15, 0.2) is 6.33 Å². The van der Waals surface area contributed by atoms with Gasteiger partial charge < -0.3 is 9.64 Å². The summed E-state index contributed by atoms with van der Waals surface area (Å²) in [5.41, 5.74) is 0.656. The fourth-order valence-electron chi connectivity index (χ4n) is 1.42. The van der Waals surface area contributed by atoms with Gasteiger partial charge in [-0.3, -0.25) is 0 Å². The fraction of sp³-hybridized carbons (Fsp3) is 0.583. The molecule has 0 aliphatic rings. The lowest BCUT2D eigenvalue weighted by molar-refractivity contribution is 0.109. The third-order valence-electron chi connectivity index (χ3n) is 3.32. The van der Waals surface area contributed by atoms with Crippen LogP contribution in [-0.4, -0.2) is 50.7 Å².